The summed E-state index contributed by atoms with van der Waals surface area (Å²) in [6, 6.07) is 0. The van der Waals surface area contributed by atoms with Crippen LogP contribution in [-0.4, -0.2) is 0 Å². The van der Waals surface area contributed by atoms with E-state index in [1.165, 1.54) is 32.1 Å². The molecule has 0 aliphatic carbocycles. The maximum absolute atomic E-state index is 3.92. The topological polar surface area (TPSA) is 0 Å². The molecule has 94 valence electrons. The number of allylic oxidation sites excluding steroid dienone is 3. The predicted molar refractivity (Wildman–Crippen MR) is 79.5 cm³/mol. The molecule has 0 saturated carbocycles. The Labute approximate surface area is 109 Å². The van der Waals surface area contributed by atoms with E-state index in [1.54, 1.807) is 11.5 Å². The van der Waals surface area contributed by atoms with Gasteiger partial charge >= 0.3 is 0 Å². The van der Waals surface area contributed by atoms with Crippen LogP contribution in [0.15, 0.2) is 24.3 Å². The van der Waals surface area contributed by atoms with Gasteiger partial charge in [-0.05, 0) is 44.8 Å². The third-order valence-corrected chi connectivity index (χ3v) is 3.11. The molecule has 0 heteroatoms. The summed E-state index contributed by atoms with van der Waals surface area (Å²) in [6.07, 6.45) is 14.8. The van der Waals surface area contributed by atoms with Crippen molar-refractivity contribution in [1.82, 2.24) is 0 Å². The molecule has 0 N–H and O–H groups in total. The zero-order valence-electron chi connectivity index (χ0n) is 11.6. The molecule has 0 spiro atoms. The minimum Gasteiger partial charge on any atom is -0.0989 e. The highest BCUT2D eigenvalue weighted by Crippen LogP contribution is 2.21. The van der Waals surface area contributed by atoms with Crippen molar-refractivity contribution in [3.8, 4) is 0 Å². The molecule has 0 aliphatic rings. The average Bonchev–Trinajstić information content (AvgIpc) is 2.36. The zero-order valence-corrected chi connectivity index (χ0v) is 11.6. The first-order valence-corrected chi connectivity index (χ1v) is 6.99. The third kappa shape index (κ3) is 8.85. The van der Waals surface area contributed by atoms with Crippen LogP contribution in [0.3, 0.4) is 0 Å². The second-order valence-corrected chi connectivity index (χ2v) is 4.58. The van der Waals surface area contributed by atoms with Crippen molar-refractivity contribution < 1.29 is 0 Å². The molecular weight excluding hydrogens is 204 g/mol. The first kappa shape index (κ1) is 16.1. The van der Waals surface area contributed by atoms with Crippen molar-refractivity contribution in [2.75, 3.05) is 0 Å². The van der Waals surface area contributed by atoms with Gasteiger partial charge in [0.05, 0.1) is 39.0 Å². The van der Waals surface area contributed by atoms with Crippen molar-refractivity contribution in [3.05, 3.63) is 44.1 Å². The lowest BCUT2D eigenvalue weighted by atomic mass is 9.94. The van der Waals surface area contributed by atoms with Crippen LogP contribution < -0.4 is 0 Å². The van der Waals surface area contributed by atoms with Crippen molar-refractivity contribution in [3.63, 3.8) is 0 Å². The zero-order chi connectivity index (χ0) is 12.9. The summed E-state index contributed by atoms with van der Waals surface area (Å²) in [5.41, 5.74) is 1.60. The Morgan fingerprint density at radius 2 is 1.71 bits per heavy atom. The lowest BCUT2D eigenvalue weighted by Gasteiger charge is -2.05. The molecule has 0 nitrogen and oxygen atoms in total. The molecule has 0 radical (unpaired) electrons. The number of rotatable bonds is 11. The Hall–Kier alpha value is -0.910. The lowest BCUT2D eigenvalue weighted by molar-refractivity contribution is 0.729. The number of unbranched alkanes of at least 4 members (excludes halogenated alkanes) is 2. The first-order valence-electron chi connectivity index (χ1n) is 6.99. The van der Waals surface area contributed by atoms with Gasteiger partial charge in [0, 0.05) is 0 Å². The summed E-state index contributed by atoms with van der Waals surface area (Å²) in [4.78, 5) is 0. The molecule has 0 aromatic heterocycles. The van der Waals surface area contributed by atoms with Crippen LogP contribution in [0.1, 0.15) is 64.7 Å². The van der Waals surface area contributed by atoms with Crippen LogP contribution in [0, 0.1) is 19.8 Å². The monoisotopic (exact) mass is 233 g/mol. The van der Waals surface area contributed by atoms with Crippen LogP contribution in [0.5, 0.6) is 0 Å². The summed E-state index contributed by atoms with van der Waals surface area (Å²) < 4.78 is 0. The second-order valence-electron chi connectivity index (χ2n) is 4.58. The number of hydrogen-bond donors (Lipinski definition) is 0. The maximum Gasteiger partial charge on any atom is 0.109 e. The summed E-state index contributed by atoms with van der Waals surface area (Å²) in [7, 11) is 0. The third-order valence-electron chi connectivity index (χ3n) is 3.11. The molecular formula is C17H29+3. The van der Waals surface area contributed by atoms with Crippen molar-refractivity contribution in [2.24, 2.45) is 0 Å². The normalized spacial score (nSPS) is 9.94. The fourth-order valence-electron chi connectivity index (χ4n) is 1.90. The molecule has 0 heterocycles. The molecule has 0 bridgehead atoms. The molecule has 0 aromatic rings. The van der Waals surface area contributed by atoms with E-state index in [-0.39, 0.29) is 0 Å². The van der Waals surface area contributed by atoms with Crippen LogP contribution in [0.25, 0.3) is 0 Å². The quantitative estimate of drug-likeness (QED) is 0.309. The van der Waals surface area contributed by atoms with Crippen molar-refractivity contribution >= 4 is 0 Å². The Morgan fingerprint density at radius 1 is 1.12 bits per heavy atom. The van der Waals surface area contributed by atoms with Gasteiger partial charge < -0.3 is 0 Å². The van der Waals surface area contributed by atoms with Gasteiger partial charge in [0.2, 0.25) is 0 Å². The largest absolute Gasteiger partial charge is 0.109 e. The van der Waals surface area contributed by atoms with Crippen molar-refractivity contribution in [2.45, 2.75) is 64.7 Å². The van der Waals surface area contributed by atoms with Crippen LogP contribution >= 0.6 is 0 Å². The fraction of sp³-hybridized carbons (Fsp3) is 0.588. The summed E-state index contributed by atoms with van der Waals surface area (Å²) >= 11 is 0. The van der Waals surface area contributed by atoms with Crippen LogP contribution in [0.4, 0.5) is 0 Å². The minimum absolute atomic E-state index is 1.04. The Balaban J connectivity index is 4.17. The Bertz CT molecular complexity index is 190. The highest BCUT2D eigenvalue weighted by atomic mass is 14.1. The molecule has 0 amide bonds. The molecule has 0 aliphatic heterocycles. The standard InChI is InChI=1S/C17H29/c1-5-9-12-17(13-10-6-2)15-14-16(8-4)11-7-3/h7,15H,1-3,5-6,8-14H2,4H3/q+3. The summed E-state index contributed by atoms with van der Waals surface area (Å²) in [6.45, 7) is 13.9. The molecule has 0 saturated heterocycles. The fourth-order valence-corrected chi connectivity index (χ4v) is 1.90. The molecule has 17 heavy (non-hydrogen) atoms. The van der Waals surface area contributed by atoms with E-state index < -0.39 is 0 Å². The van der Waals surface area contributed by atoms with E-state index in [0.717, 1.165) is 25.7 Å². The van der Waals surface area contributed by atoms with E-state index in [0.29, 0.717) is 0 Å². The van der Waals surface area contributed by atoms with Gasteiger partial charge in [-0.1, -0.05) is 12.2 Å². The van der Waals surface area contributed by atoms with Gasteiger partial charge in [0.1, 0.15) is 12.8 Å². The van der Waals surface area contributed by atoms with Gasteiger partial charge in [0.15, 0.2) is 0 Å². The highest BCUT2D eigenvalue weighted by Gasteiger charge is 2.13. The van der Waals surface area contributed by atoms with E-state index in [2.05, 4.69) is 33.4 Å². The average molecular weight is 233 g/mol. The Morgan fingerprint density at radius 3 is 2.12 bits per heavy atom. The van der Waals surface area contributed by atoms with Gasteiger partial charge in [-0.3, -0.25) is 0 Å². The van der Waals surface area contributed by atoms with Crippen molar-refractivity contribution in [1.29, 1.82) is 0 Å². The molecule has 0 aromatic carbocycles. The number of hydrogen-bond acceptors (Lipinski definition) is 0. The van der Waals surface area contributed by atoms with E-state index in [4.69, 9.17) is 0 Å². The molecule has 0 rings (SSSR count). The maximum atomic E-state index is 3.92. The summed E-state index contributed by atoms with van der Waals surface area (Å²) in [5.74, 6) is 1.58. The second kappa shape index (κ2) is 11.6. The van der Waals surface area contributed by atoms with Crippen LogP contribution in [-0.2, 0) is 0 Å². The predicted octanol–water partition coefficient (Wildman–Crippen LogP) is 5.87. The first-order chi connectivity index (χ1) is 8.28. The smallest absolute Gasteiger partial charge is 0.0989 e. The van der Waals surface area contributed by atoms with Gasteiger partial charge in [-0.25, -0.2) is 0 Å². The lowest BCUT2D eigenvalue weighted by Crippen LogP contribution is -1.94. The minimum atomic E-state index is 1.04. The van der Waals surface area contributed by atoms with Gasteiger partial charge in [-0.15, -0.1) is 0 Å². The van der Waals surface area contributed by atoms with Crippen LogP contribution in [0.2, 0.25) is 0 Å². The summed E-state index contributed by atoms with van der Waals surface area (Å²) in [5, 5.41) is 0. The van der Waals surface area contributed by atoms with E-state index in [1.807, 2.05) is 6.08 Å². The van der Waals surface area contributed by atoms with E-state index >= 15 is 0 Å². The molecule has 0 fully saturated rings. The molecule has 0 atom stereocenters. The highest BCUT2D eigenvalue weighted by molar-refractivity contribution is 5.09. The SMILES string of the molecule is C=CC[C+](CC)CC=C(CCC[CH2+])CCC[CH2+]. The van der Waals surface area contributed by atoms with E-state index in [9.17, 15) is 0 Å². The van der Waals surface area contributed by atoms with Gasteiger partial charge in [0.25, 0.3) is 0 Å². The van der Waals surface area contributed by atoms with Gasteiger partial charge in [-0.2, -0.15) is 0 Å². The Kier molecular flexibility index (Phi) is 11.0. The molecule has 0 unspecified atom stereocenters.